The first kappa shape index (κ1) is 11.3. The molecule has 1 rings (SSSR count). The third-order valence-corrected chi connectivity index (χ3v) is 2.47. The monoisotopic (exact) mass is 201 g/mol. The lowest BCUT2D eigenvalue weighted by Crippen LogP contribution is -2.39. The molecular formula is C10H19NO3. The van der Waals surface area contributed by atoms with Crippen LogP contribution in [0.4, 0.5) is 4.79 Å². The molecule has 14 heavy (non-hydrogen) atoms. The Bertz CT molecular complexity index is 188. The molecule has 1 aliphatic carbocycles. The molecule has 0 saturated heterocycles. The summed E-state index contributed by atoms with van der Waals surface area (Å²) in [5, 5.41) is 9.94. The number of carbonyl (C=O) groups is 1. The van der Waals surface area contributed by atoms with E-state index in [4.69, 9.17) is 9.94 Å². The fourth-order valence-electron chi connectivity index (χ4n) is 1.72. The smallest absolute Gasteiger partial charge is 0.431 e. The van der Waals surface area contributed by atoms with Crippen molar-refractivity contribution in [3.8, 4) is 0 Å². The summed E-state index contributed by atoms with van der Waals surface area (Å²) >= 11 is 0. The van der Waals surface area contributed by atoms with E-state index in [1.54, 1.807) is 0 Å². The van der Waals surface area contributed by atoms with Crippen LogP contribution in [0, 0.1) is 0 Å². The molecule has 4 heteroatoms. The molecule has 0 unspecified atom stereocenters. The van der Waals surface area contributed by atoms with Crippen LogP contribution in [0.3, 0.4) is 0 Å². The summed E-state index contributed by atoms with van der Waals surface area (Å²) < 4.78 is 0. The minimum Gasteiger partial charge on any atom is -0.463 e. The van der Waals surface area contributed by atoms with Crippen LogP contribution in [0.5, 0.6) is 0 Å². The Morgan fingerprint density at radius 3 is 2.36 bits per heavy atom. The van der Waals surface area contributed by atoms with Gasteiger partial charge in [-0.05, 0) is 26.7 Å². The largest absolute Gasteiger partial charge is 0.463 e. The summed E-state index contributed by atoms with van der Waals surface area (Å²) in [4.78, 5) is 16.3. The van der Waals surface area contributed by atoms with E-state index in [9.17, 15) is 4.79 Å². The van der Waals surface area contributed by atoms with E-state index >= 15 is 0 Å². The van der Waals surface area contributed by atoms with Gasteiger partial charge in [-0.15, -0.1) is 0 Å². The number of nitrogens with zero attached hydrogens (tertiary/aromatic N) is 1. The minimum atomic E-state index is -0.995. The van der Waals surface area contributed by atoms with E-state index < -0.39 is 6.09 Å². The van der Waals surface area contributed by atoms with Crippen molar-refractivity contribution in [2.45, 2.75) is 58.1 Å². The molecular weight excluding hydrogens is 182 g/mol. The second-order valence-electron chi connectivity index (χ2n) is 4.07. The standard InChI is InChI=1S/C10H19NO3/c1-8(2)11(10(12)13)14-9-6-4-3-5-7-9/h8-9H,3-7H2,1-2H3,(H,12,13). The van der Waals surface area contributed by atoms with Gasteiger partial charge < -0.3 is 5.11 Å². The molecule has 1 N–H and O–H groups in total. The predicted octanol–water partition coefficient (Wildman–Crippen LogP) is 2.64. The summed E-state index contributed by atoms with van der Waals surface area (Å²) in [6.45, 7) is 3.63. The number of rotatable bonds is 3. The number of hydrogen-bond acceptors (Lipinski definition) is 2. The van der Waals surface area contributed by atoms with E-state index in [-0.39, 0.29) is 12.1 Å². The molecule has 0 aromatic heterocycles. The van der Waals surface area contributed by atoms with Gasteiger partial charge >= 0.3 is 6.09 Å². The average Bonchev–Trinajstić information content (AvgIpc) is 2.15. The lowest BCUT2D eigenvalue weighted by molar-refractivity contribution is -0.194. The molecule has 1 amide bonds. The molecule has 1 fully saturated rings. The number of carboxylic acid groups (broad SMARTS) is 1. The number of amides is 1. The second-order valence-corrected chi connectivity index (χ2v) is 4.07. The van der Waals surface area contributed by atoms with Gasteiger partial charge in [0.25, 0.3) is 0 Å². The zero-order valence-corrected chi connectivity index (χ0v) is 8.90. The van der Waals surface area contributed by atoms with Gasteiger partial charge in [-0.1, -0.05) is 19.3 Å². The number of hydrogen-bond donors (Lipinski definition) is 1. The molecule has 0 atom stereocenters. The highest BCUT2D eigenvalue weighted by Gasteiger charge is 2.23. The molecule has 0 aromatic rings. The normalized spacial score (nSPS) is 18.5. The first-order chi connectivity index (χ1) is 6.61. The van der Waals surface area contributed by atoms with Crippen molar-refractivity contribution in [1.82, 2.24) is 5.06 Å². The van der Waals surface area contributed by atoms with Crippen LogP contribution < -0.4 is 0 Å². The lowest BCUT2D eigenvalue weighted by atomic mass is 9.98. The third-order valence-electron chi connectivity index (χ3n) is 2.47. The fourth-order valence-corrected chi connectivity index (χ4v) is 1.72. The SMILES string of the molecule is CC(C)N(OC1CCCCC1)C(=O)O. The zero-order chi connectivity index (χ0) is 10.6. The quantitative estimate of drug-likeness (QED) is 0.714. The molecule has 0 heterocycles. The summed E-state index contributed by atoms with van der Waals surface area (Å²) in [5.74, 6) is 0. The Hall–Kier alpha value is -0.770. The Labute approximate surface area is 84.8 Å². The van der Waals surface area contributed by atoms with Gasteiger partial charge in [0.05, 0.1) is 12.1 Å². The Kier molecular flexibility index (Phi) is 4.20. The lowest BCUT2D eigenvalue weighted by Gasteiger charge is -2.29. The highest BCUT2D eigenvalue weighted by atomic mass is 16.7. The Morgan fingerprint density at radius 2 is 1.93 bits per heavy atom. The minimum absolute atomic E-state index is 0.0993. The van der Waals surface area contributed by atoms with E-state index in [0.29, 0.717) is 0 Å². The summed E-state index contributed by atoms with van der Waals surface area (Å²) in [7, 11) is 0. The van der Waals surface area contributed by atoms with Crippen LogP contribution in [0.2, 0.25) is 0 Å². The number of hydroxylamine groups is 2. The van der Waals surface area contributed by atoms with Gasteiger partial charge in [0, 0.05) is 0 Å². The van der Waals surface area contributed by atoms with Gasteiger partial charge in [0.1, 0.15) is 0 Å². The van der Waals surface area contributed by atoms with Crippen LogP contribution in [-0.4, -0.2) is 28.4 Å². The van der Waals surface area contributed by atoms with Gasteiger partial charge in [0.15, 0.2) is 0 Å². The first-order valence-electron chi connectivity index (χ1n) is 5.30. The van der Waals surface area contributed by atoms with Crippen molar-refractivity contribution in [3.05, 3.63) is 0 Å². The van der Waals surface area contributed by atoms with Crippen LogP contribution in [0.1, 0.15) is 46.0 Å². The maximum absolute atomic E-state index is 10.8. The predicted molar refractivity (Wildman–Crippen MR) is 53.0 cm³/mol. The van der Waals surface area contributed by atoms with E-state index in [1.165, 1.54) is 6.42 Å². The first-order valence-corrected chi connectivity index (χ1v) is 5.30. The molecule has 0 aliphatic heterocycles. The van der Waals surface area contributed by atoms with Gasteiger partial charge in [-0.3, -0.25) is 4.84 Å². The van der Waals surface area contributed by atoms with Gasteiger partial charge in [-0.25, -0.2) is 4.79 Å². The molecule has 0 aromatic carbocycles. The van der Waals surface area contributed by atoms with Crippen molar-refractivity contribution in [2.24, 2.45) is 0 Å². The second kappa shape index (κ2) is 5.20. The van der Waals surface area contributed by atoms with Crippen molar-refractivity contribution in [3.63, 3.8) is 0 Å². The van der Waals surface area contributed by atoms with Crippen molar-refractivity contribution >= 4 is 6.09 Å². The average molecular weight is 201 g/mol. The molecule has 4 nitrogen and oxygen atoms in total. The Morgan fingerprint density at radius 1 is 1.36 bits per heavy atom. The summed E-state index contributed by atoms with van der Waals surface area (Å²) in [5.41, 5.74) is 0. The topological polar surface area (TPSA) is 49.8 Å². The van der Waals surface area contributed by atoms with E-state index in [1.807, 2.05) is 13.8 Å². The van der Waals surface area contributed by atoms with E-state index in [2.05, 4.69) is 0 Å². The molecule has 1 saturated carbocycles. The zero-order valence-electron chi connectivity index (χ0n) is 8.90. The summed E-state index contributed by atoms with van der Waals surface area (Å²) in [6.07, 6.45) is 4.61. The van der Waals surface area contributed by atoms with Crippen LogP contribution in [0.25, 0.3) is 0 Å². The van der Waals surface area contributed by atoms with Crippen LogP contribution in [0.15, 0.2) is 0 Å². The molecule has 0 bridgehead atoms. The molecule has 0 radical (unpaired) electrons. The highest BCUT2D eigenvalue weighted by molar-refractivity contribution is 5.63. The van der Waals surface area contributed by atoms with Crippen molar-refractivity contribution < 1.29 is 14.7 Å². The summed E-state index contributed by atoms with van der Waals surface area (Å²) in [6, 6.07) is -0.116. The van der Waals surface area contributed by atoms with Crippen LogP contribution in [-0.2, 0) is 4.84 Å². The van der Waals surface area contributed by atoms with Crippen molar-refractivity contribution in [2.75, 3.05) is 0 Å². The fraction of sp³-hybridized carbons (Fsp3) is 0.900. The molecule has 1 aliphatic rings. The molecule has 82 valence electrons. The Balaban J connectivity index is 2.41. The molecule has 0 spiro atoms. The highest BCUT2D eigenvalue weighted by Crippen LogP contribution is 2.21. The third kappa shape index (κ3) is 3.18. The maximum atomic E-state index is 10.8. The van der Waals surface area contributed by atoms with Gasteiger partial charge in [-0.2, -0.15) is 5.06 Å². The van der Waals surface area contributed by atoms with E-state index in [0.717, 1.165) is 30.7 Å². The van der Waals surface area contributed by atoms with Crippen LogP contribution >= 0.6 is 0 Å². The van der Waals surface area contributed by atoms with Gasteiger partial charge in [0.2, 0.25) is 0 Å². The van der Waals surface area contributed by atoms with Crippen molar-refractivity contribution in [1.29, 1.82) is 0 Å². The maximum Gasteiger partial charge on any atom is 0.431 e.